The molecule has 2 aromatic carbocycles. The molecular formula is C20H14Cl2N4O. The van der Waals surface area contributed by atoms with Crippen LogP contribution in [0.25, 0.3) is 10.9 Å². The lowest BCUT2D eigenvalue weighted by atomic mass is 10.1. The Kier molecular flexibility index (Phi) is 4.79. The highest BCUT2D eigenvalue weighted by Gasteiger charge is 2.14. The Hall–Kier alpha value is -2.89. The molecule has 0 aliphatic rings. The molecule has 0 spiro atoms. The van der Waals surface area contributed by atoms with Crippen molar-refractivity contribution in [1.29, 1.82) is 0 Å². The molecule has 27 heavy (non-hydrogen) atoms. The predicted octanol–water partition coefficient (Wildman–Crippen LogP) is 5.04. The minimum absolute atomic E-state index is 0.224. The molecule has 0 saturated carbocycles. The van der Waals surface area contributed by atoms with Crippen LogP contribution < -0.4 is 5.32 Å². The molecule has 1 N–H and O–H groups in total. The Balaban J connectivity index is 1.60. The van der Waals surface area contributed by atoms with Gasteiger partial charge < -0.3 is 5.32 Å². The predicted molar refractivity (Wildman–Crippen MR) is 107 cm³/mol. The maximum Gasteiger partial charge on any atom is 0.257 e. The number of amides is 1. The first-order chi connectivity index (χ1) is 13.1. The van der Waals surface area contributed by atoms with Crippen LogP contribution in [0, 0.1) is 0 Å². The van der Waals surface area contributed by atoms with E-state index < -0.39 is 0 Å². The number of carbonyl (C=O) groups excluding carboxylic acids is 1. The molecule has 0 unspecified atom stereocenters. The molecule has 2 aromatic heterocycles. The molecule has 1 amide bonds. The molecule has 0 fully saturated rings. The Bertz CT molecular complexity index is 1130. The van der Waals surface area contributed by atoms with Crippen LogP contribution in [-0.2, 0) is 6.54 Å². The maximum absolute atomic E-state index is 12.8. The number of rotatable bonds is 4. The molecule has 5 nitrogen and oxygen atoms in total. The zero-order chi connectivity index (χ0) is 18.8. The van der Waals surface area contributed by atoms with Crippen molar-refractivity contribution >= 4 is 45.8 Å². The van der Waals surface area contributed by atoms with Gasteiger partial charge in [0.25, 0.3) is 5.91 Å². The fourth-order valence-electron chi connectivity index (χ4n) is 2.85. The number of halogens is 2. The van der Waals surface area contributed by atoms with E-state index in [1.165, 1.54) is 0 Å². The number of para-hydroxylation sites is 1. The normalized spacial score (nSPS) is 10.9. The van der Waals surface area contributed by atoms with Gasteiger partial charge in [-0.2, -0.15) is 5.10 Å². The standard InChI is InChI=1S/C20H14Cl2N4O/c21-14-6-5-13(17(22)11-14)12-26-19(8-10-24-26)25-20(27)16-7-9-23-18-4-2-1-3-15(16)18/h1-11H,12H2,(H,25,27). The third-order valence-corrected chi connectivity index (χ3v) is 4.77. The SMILES string of the molecule is O=C(Nc1ccnn1Cc1ccc(Cl)cc1Cl)c1ccnc2ccccc12. The first kappa shape index (κ1) is 17.5. The summed E-state index contributed by atoms with van der Waals surface area (Å²) in [5.41, 5.74) is 2.18. The smallest absolute Gasteiger partial charge is 0.257 e. The highest BCUT2D eigenvalue weighted by atomic mass is 35.5. The summed E-state index contributed by atoms with van der Waals surface area (Å²) in [5, 5.41) is 9.12. The molecular weight excluding hydrogens is 383 g/mol. The summed E-state index contributed by atoms with van der Waals surface area (Å²) >= 11 is 12.2. The fraction of sp³-hybridized carbons (Fsp3) is 0.0500. The highest BCUT2D eigenvalue weighted by Crippen LogP contribution is 2.23. The molecule has 0 saturated heterocycles. The van der Waals surface area contributed by atoms with Gasteiger partial charge in [0.2, 0.25) is 0 Å². The molecule has 0 aliphatic carbocycles. The Morgan fingerprint density at radius 1 is 1.04 bits per heavy atom. The summed E-state index contributed by atoms with van der Waals surface area (Å²) in [6.07, 6.45) is 3.26. The number of benzene rings is 2. The number of hydrogen-bond donors (Lipinski definition) is 1. The van der Waals surface area contributed by atoms with E-state index in [0.29, 0.717) is 28.0 Å². The minimum Gasteiger partial charge on any atom is -0.307 e. The summed E-state index contributed by atoms with van der Waals surface area (Å²) in [5.74, 6) is 0.351. The Labute approximate surface area is 165 Å². The first-order valence-electron chi connectivity index (χ1n) is 8.22. The molecule has 2 heterocycles. The Morgan fingerprint density at radius 2 is 1.89 bits per heavy atom. The summed E-state index contributed by atoms with van der Waals surface area (Å²) in [6, 6.07) is 16.3. The lowest BCUT2D eigenvalue weighted by Gasteiger charge is -2.11. The molecule has 0 radical (unpaired) electrons. The van der Waals surface area contributed by atoms with Crippen molar-refractivity contribution in [3.05, 3.63) is 88.2 Å². The van der Waals surface area contributed by atoms with Gasteiger partial charge in [0, 0.05) is 27.7 Å². The molecule has 4 rings (SSSR count). The van der Waals surface area contributed by atoms with Gasteiger partial charge in [-0.15, -0.1) is 0 Å². The van der Waals surface area contributed by atoms with E-state index in [1.807, 2.05) is 30.3 Å². The fourth-order valence-corrected chi connectivity index (χ4v) is 3.32. The van der Waals surface area contributed by atoms with E-state index in [0.717, 1.165) is 16.5 Å². The van der Waals surface area contributed by atoms with Gasteiger partial charge in [-0.25, -0.2) is 4.68 Å². The second kappa shape index (κ2) is 7.39. The van der Waals surface area contributed by atoms with E-state index in [1.54, 1.807) is 41.3 Å². The average Bonchev–Trinajstić information content (AvgIpc) is 3.10. The monoisotopic (exact) mass is 396 g/mol. The van der Waals surface area contributed by atoms with Gasteiger partial charge >= 0.3 is 0 Å². The first-order valence-corrected chi connectivity index (χ1v) is 8.98. The molecule has 134 valence electrons. The minimum atomic E-state index is -0.224. The van der Waals surface area contributed by atoms with Crippen LogP contribution in [0.2, 0.25) is 10.0 Å². The van der Waals surface area contributed by atoms with Crippen molar-refractivity contribution in [2.24, 2.45) is 0 Å². The van der Waals surface area contributed by atoms with Crippen LogP contribution >= 0.6 is 23.2 Å². The van der Waals surface area contributed by atoms with Gasteiger partial charge in [-0.3, -0.25) is 9.78 Å². The third-order valence-electron chi connectivity index (χ3n) is 4.19. The van der Waals surface area contributed by atoms with Gasteiger partial charge in [-0.1, -0.05) is 47.5 Å². The molecule has 0 atom stereocenters. The van der Waals surface area contributed by atoms with Gasteiger partial charge in [0.15, 0.2) is 0 Å². The number of aromatic nitrogens is 3. The number of fused-ring (bicyclic) bond motifs is 1. The Morgan fingerprint density at radius 3 is 2.74 bits per heavy atom. The summed E-state index contributed by atoms with van der Waals surface area (Å²) in [4.78, 5) is 17.1. The van der Waals surface area contributed by atoms with Crippen LogP contribution in [0.3, 0.4) is 0 Å². The number of carbonyl (C=O) groups is 1. The number of pyridine rings is 1. The third kappa shape index (κ3) is 3.65. The van der Waals surface area contributed by atoms with Crippen LogP contribution in [0.5, 0.6) is 0 Å². The molecule has 0 aliphatic heterocycles. The number of anilines is 1. The summed E-state index contributed by atoms with van der Waals surface area (Å²) < 4.78 is 1.68. The van der Waals surface area contributed by atoms with E-state index in [2.05, 4.69) is 15.4 Å². The second-order valence-electron chi connectivity index (χ2n) is 5.94. The summed E-state index contributed by atoms with van der Waals surface area (Å²) in [7, 11) is 0. The van der Waals surface area contributed by atoms with Crippen molar-refractivity contribution in [3.63, 3.8) is 0 Å². The molecule has 4 aromatic rings. The van der Waals surface area contributed by atoms with Crippen LogP contribution in [0.1, 0.15) is 15.9 Å². The van der Waals surface area contributed by atoms with Crippen LogP contribution in [-0.4, -0.2) is 20.7 Å². The van der Waals surface area contributed by atoms with Gasteiger partial charge in [-0.05, 0) is 29.8 Å². The quantitative estimate of drug-likeness (QED) is 0.525. The average molecular weight is 397 g/mol. The molecule has 0 bridgehead atoms. The summed E-state index contributed by atoms with van der Waals surface area (Å²) in [6.45, 7) is 0.412. The van der Waals surface area contributed by atoms with E-state index in [4.69, 9.17) is 23.2 Å². The van der Waals surface area contributed by atoms with Crippen molar-refractivity contribution in [2.75, 3.05) is 5.32 Å². The lowest BCUT2D eigenvalue weighted by Crippen LogP contribution is -2.16. The number of nitrogens with zero attached hydrogens (tertiary/aromatic N) is 3. The lowest BCUT2D eigenvalue weighted by molar-refractivity contribution is 0.102. The van der Waals surface area contributed by atoms with Crippen molar-refractivity contribution in [3.8, 4) is 0 Å². The van der Waals surface area contributed by atoms with Crippen molar-refractivity contribution in [1.82, 2.24) is 14.8 Å². The molecule has 7 heteroatoms. The maximum atomic E-state index is 12.8. The van der Waals surface area contributed by atoms with E-state index >= 15 is 0 Å². The van der Waals surface area contributed by atoms with Gasteiger partial charge in [0.1, 0.15) is 5.82 Å². The topological polar surface area (TPSA) is 59.8 Å². The zero-order valence-electron chi connectivity index (χ0n) is 14.1. The van der Waals surface area contributed by atoms with E-state index in [-0.39, 0.29) is 5.91 Å². The van der Waals surface area contributed by atoms with Crippen molar-refractivity contribution in [2.45, 2.75) is 6.54 Å². The van der Waals surface area contributed by atoms with E-state index in [9.17, 15) is 4.79 Å². The van der Waals surface area contributed by atoms with Crippen LogP contribution in [0.4, 0.5) is 5.82 Å². The number of hydrogen-bond acceptors (Lipinski definition) is 3. The largest absolute Gasteiger partial charge is 0.307 e. The van der Waals surface area contributed by atoms with Crippen molar-refractivity contribution < 1.29 is 4.79 Å². The highest BCUT2D eigenvalue weighted by molar-refractivity contribution is 6.35. The number of nitrogens with one attached hydrogen (secondary N) is 1. The van der Waals surface area contributed by atoms with Crippen LogP contribution in [0.15, 0.2) is 67.0 Å². The van der Waals surface area contributed by atoms with Gasteiger partial charge in [0.05, 0.1) is 23.8 Å². The second-order valence-corrected chi connectivity index (χ2v) is 6.78. The zero-order valence-corrected chi connectivity index (χ0v) is 15.6.